The first-order valence-electron chi connectivity index (χ1n) is 10.1. The second-order valence-corrected chi connectivity index (χ2v) is 8.73. The summed E-state index contributed by atoms with van der Waals surface area (Å²) in [5, 5.41) is 5.77. The highest BCUT2D eigenvalue weighted by atomic mass is 32.2. The first-order chi connectivity index (χ1) is 15.5. The monoisotopic (exact) mass is 468 g/mol. The van der Waals surface area contributed by atoms with E-state index in [1.54, 1.807) is 24.8 Å². The van der Waals surface area contributed by atoms with Crippen molar-refractivity contribution in [3.05, 3.63) is 71.8 Å². The zero-order valence-electron chi connectivity index (χ0n) is 17.8. The maximum atomic E-state index is 12.5. The fourth-order valence-corrected chi connectivity index (χ4v) is 4.52. The van der Waals surface area contributed by atoms with Crippen LogP contribution in [0.2, 0.25) is 0 Å². The number of ether oxygens (including phenoxy) is 1. The molecular formula is C24H24N2O4S2. The van der Waals surface area contributed by atoms with Crippen molar-refractivity contribution in [1.82, 2.24) is 5.32 Å². The number of carbonyl (C=O) groups is 3. The van der Waals surface area contributed by atoms with Crippen LogP contribution >= 0.6 is 23.1 Å². The molecule has 1 aromatic heterocycles. The van der Waals surface area contributed by atoms with E-state index < -0.39 is 11.9 Å². The lowest BCUT2D eigenvalue weighted by Gasteiger charge is -2.08. The van der Waals surface area contributed by atoms with Gasteiger partial charge in [-0.15, -0.1) is 23.1 Å². The second kappa shape index (κ2) is 11.5. The van der Waals surface area contributed by atoms with Crippen LogP contribution < -0.4 is 10.6 Å². The lowest BCUT2D eigenvalue weighted by Crippen LogP contribution is -2.33. The number of benzene rings is 2. The Kier molecular flexibility index (Phi) is 8.47. The Hall–Kier alpha value is -3.10. The van der Waals surface area contributed by atoms with Crippen molar-refractivity contribution in [1.29, 1.82) is 0 Å². The molecule has 32 heavy (non-hydrogen) atoms. The summed E-state index contributed by atoms with van der Waals surface area (Å²) < 4.78 is 5.13. The molecule has 0 aliphatic rings. The van der Waals surface area contributed by atoms with E-state index in [1.165, 1.54) is 11.3 Å². The van der Waals surface area contributed by atoms with E-state index in [2.05, 4.69) is 10.6 Å². The number of nitrogens with one attached hydrogen (secondary N) is 2. The SMILES string of the molecule is CCOC(=O)c1cc(-c2ccccc2)sc1NC(=O)CNC(=O)Cc1cccc(SC)c1. The van der Waals surface area contributed by atoms with E-state index in [9.17, 15) is 14.4 Å². The highest BCUT2D eigenvalue weighted by Gasteiger charge is 2.20. The topological polar surface area (TPSA) is 84.5 Å². The molecule has 3 rings (SSSR count). The first-order valence-corrected chi connectivity index (χ1v) is 12.1. The molecule has 0 spiro atoms. The Bertz CT molecular complexity index is 1100. The molecule has 2 amide bonds. The first kappa shape index (κ1) is 23.6. The number of hydrogen-bond donors (Lipinski definition) is 2. The van der Waals surface area contributed by atoms with Crippen LogP contribution in [0.4, 0.5) is 5.00 Å². The van der Waals surface area contributed by atoms with Crippen LogP contribution in [-0.2, 0) is 20.7 Å². The quantitative estimate of drug-likeness (QED) is 0.354. The molecule has 0 radical (unpaired) electrons. The fraction of sp³-hybridized carbons (Fsp3) is 0.208. The Labute approximate surface area is 195 Å². The number of amides is 2. The van der Waals surface area contributed by atoms with Crippen LogP contribution in [0.5, 0.6) is 0 Å². The van der Waals surface area contributed by atoms with Gasteiger partial charge in [0.05, 0.1) is 25.1 Å². The maximum Gasteiger partial charge on any atom is 0.341 e. The molecule has 0 unspecified atom stereocenters. The zero-order valence-corrected chi connectivity index (χ0v) is 19.5. The Balaban J connectivity index is 1.64. The molecule has 2 N–H and O–H groups in total. The van der Waals surface area contributed by atoms with Crippen molar-refractivity contribution in [3.8, 4) is 10.4 Å². The van der Waals surface area contributed by atoms with Gasteiger partial charge in [0, 0.05) is 9.77 Å². The van der Waals surface area contributed by atoms with Crippen LogP contribution in [-0.4, -0.2) is 37.2 Å². The molecule has 1 heterocycles. The third-order valence-corrected chi connectivity index (χ3v) is 6.31. The Morgan fingerprint density at radius 1 is 1.00 bits per heavy atom. The highest BCUT2D eigenvalue weighted by Crippen LogP contribution is 2.35. The van der Waals surface area contributed by atoms with Gasteiger partial charge in [-0.3, -0.25) is 9.59 Å². The van der Waals surface area contributed by atoms with Gasteiger partial charge in [0.25, 0.3) is 0 Å². The van der Waals surface area contributed by atoms with Gasteiger partial charge in [-0.1, -0.05) is 42.5 Å². The average molecular weight is 469 g/mol. The molecular weight excluding hydrogens is 444 g/mol. The van der Waals surface area contributed by atoms with Gasteiger partial charge in [0.2, 0.25) is 11.8 Å². The number of thioether (sulfide) groups is 1. The molecule has 3 aromatic rings. The molecule has 0 aliphatic heterocycles. The summed E-state index contributed by atoms with van der Waals surface area (Å²) in [6.45, 7) is 1.77. The van der Waals surface area contributed by atoms with Crippen LogP contribution in [0, 0.1) is 0 Å². The van der Waals surface area contributed by atoms with Crippen molar-refractivity contribution < 1.29 is 19.1 Å². The van der Waals surface area contributed by atoms with E-state index in [0.29, 0.717) is 10.6 Å². The van der Waals surface area contributed by atoms with Gasteiger partial charge in [0.15, 0.2) is 0 Å². The minimum absolute atomic E-state index is 0.187. The number of thiophene rings is 1. The predicted octanol–water partition coefficient (Wildman–Crippen LogP) is 4.61. The summed E-state index contributed by atoms with van der Waals surface area (Å²) in [6, 6.07) is 19.0. The van der Waals surface area contributed by atoms with E-state index in [-0.39, 0.29) is 25.5 Å². The average Bonchev–Trinajstić information content (AvgIpc) is 3.22. The summed E-state index contributed by atoms with van der Waals surface area (Å²) in [6.07, 6.45) is 2.16. The molecule has 0 saturated heterocycles. The molecule has 8 heteroatoms. The number of hydrogen-bond acceptors (Lipinski definition) is 6. The third-order valence-electron chi connectivity index (χ3n) is 4.48. The Morgan fingerprint density at radius 3 is 2.50 bits per heavy atom. The van der Waals surface area contributed by atoms with E-state index in [0.717, 1.165) is 20.9 Å². The molecule has 0 fully saturated rings. The fourth-order valence-electron chi connectivity index (χ4n) is 2.97. The maximum absolute atomic E-state index is 12.5. The van der Waals surface area contributed by atoms with Crippen LogP contribution in [0.1, 0.15) is 22.8 Å². The smallest absolute Gasteiger partial charge is 0.341 e. The van der Waals surface area contributed by atoms with Crippen LogP contribution in [0.15, 0.2) is 65.6 Å². The van der Waals surface area contributed by atoms with Gasteiger partial charge in [-0.05, 0) is 42.5 Å². The Morgan fingerprint density at radius 2 is 1.78 bits per heavy atom. The standard InChI is InChI=1S/C24H24N2O4S2/c1-3-30-24(29)19-14-20(17-9-5-4-6-10-17)32-23(19)26-22(28)15-25-21(27)13-16-8-7-11-18(12-16)31-2/h4-12,14H,3,13,15H2,1-2H3,(H,25,27)(H,26,28). The van der Waals surface area contributed by atoms with E-state index >= 15 is 0 Å². The minimum Gasteiger partial charge on any atom is -0.462 e. The molecule has 2 aromatic carbocycles. The van der Waals surface area contributed by atoms with Crippen molar-refractivity contribution in [2.75, 3.05) is 24.7 Å². The summed E-state index contributed by atoms with van der Waals surface area (Å²) in [5.74, 6) is -1.16. The van der Waals surface area contributed by atoms with Crippen LogP contribution in [0.3, 0.4) is 0 Å². The lowest BCUT2D eigenvalue weighted by atomic mass is 10.1. The lowest BCUT2D eigenvalue weighted by molar-refractivity contribution is -0.123. The van der Waals surface area contributed by atoms with Crippen molar-refractivity contribution in [2.24, 2.45) is 0 Å². The summed E-state index contributed by atoms with van der Waals surface area (Å²) >= 11 is 2.89. The molecule has 0 saturated carbocycles. The molecule has 6 nitrogen and oxygen atoms in total. The molecule has 0 bridgehead atoms. The summed E-state index contributed by atoms with van der Waals surface area (Å²) in [5.41, 5.74) is 2.11. The third kappa shape index (κ3) is 6.45. The number of rotatable bonds is 9. The highest BCUT2D eigenvalue weighted by molar-refractivity contribution is 7.98. The van der Waals surface area contributed by atoms with E-state index in [4.69, 9.17) is 4.74 Å². The van der Waals surface area contributed by atoms with Gasteiger partial charge in [-0.2, -0.15) is 0 Å². The molecule has 166 valence electrons. The molecule has 0 aliphatic carbocycles. The largest absolute Gasteiger partial charge is 0.462 e. The van der Waals surface area contributed by atoms with Crippen molar-refractivity contribution >= 4 is 45.9 Å². The van der Waals surface area contributed by atoms with Gasteiger partial charge in [-0.25, -0.2) is 4.79 Å². The van der Waals surface area contributed by atoms with Gasteiger partial charge < -0.3 is 15.4 Å². The van der Waals surface area contributed by atoms with Gasteiger partial charge in [0.1, 0.15) is 5.00 Å². The second-order valence-electron chi connectivity index (χ2n) is 6.79. The summed E-state index contributed by atoms with van der Waals surface area (Å²) in [7, 11) is 0. The van der Waals surface area contributed by atoms with Gasteiger partial charge >= 0.3 is 5.97 Å². The number of carbonyl (C=O) groups excluding carboxylic acids is 3. The normalized spacial score (nSPS) is 10.4. The number of anilines is 1. The molecule has 0 atom stereocenters. The predicted molar refractivity (Wildman–Crippen MR) is 129 cm³/mol. The minimum atomic E-state index is -0.501. The van der Waals surface area contributed by atoms with Crippen molar-refractivity contribution in [3.63, 3.8) is 0 Å². The van der Waals surface area contributed by atoms with Crippen LogP contribution in [0.25, 0.3) is 10.4 Å². The number of esters is 1. The zero-order chi connectivity index (χ0) is 22.9. The van der Waals surface area contributed by atoms with E-state index in [1.807, 2.05) is 60.9 Å². The summed E-state index contributed by atoms with van der Waals surface area (Å²) in [4.78, 5) is 39.0. The van der Waals surface area contributed by atoms with Crippen molar-refractivity contribution in [2.45, 2.75) is 18.2 Å².